The molecular weight excluding hydrogens is 236 g/mol. The van der Waals surface area contributed by atoms with Crippen molar-refractivity contribution in [2.45, 2.75) is 58.1 Å². The molecule has 0 bridgehead atoms. The number of nitrogens with zero attached hydrogens (tertiary/aromatic N) is 1. The van der Waals surface area contributed by atoms with Crippen LogP contribution in [0.2, 0.25) is 0 Å². The van der Waals surface area contributed by atoms with Crippen LogP contribution in [0.15, 0.2) is 0 Å². The smallest absolute Gasteiger partial charge is 0.0855 e. The fourth-order valence-electron chi connectivity index (χ4n) is 2.67. The molecule has 3 heteroatoms. The molecule has 1 heterocycles. The lowest BCUT2D eigenvalue weighted by Gasteiger charge is -2.37. The van der Waals surface area contributed by atoms with Crippen LogP contribution in [0.3, 0.4) is 0 Å². The molecule has 0 aromatic carbocycles. The summed E-state index contributed by atoms with van der Waals surface area (Å²) in [5, 5.41) is 3.64. The van der Waals surface area contributed by atoms with Crippen molar-refractivity contribution >= 4 is 0 Å². The second-order valence-electron chi connectivity index (χ2n) is 5.37. The SMILES string of the molecule is C#CCCCC(NCCC)C1CN(CCC)CCO1. The Hall–Kier alpha value is -0.560. The predicted molar refractivity (Wildman–Crippen MR) is 81.2 cm³/mol. The van der Waals surface area contributed by atoms with Crippen LogP contribution in [0.5, 0.6) is 0 Å². The molecule has 0 aromatic heterocycles. The number of hydrogen-bond acceptors (Lipinski definition) is 3. The normalized spacial score (nSPS) is 22.1. The molecule has 0 saturated carbocycles. The summed E-state index contributed by atoms with van der Waals surface area (Å²) in [4.78, 5) is 2.52. The van der Waals surface area contributed by atoms with Crippen LogP contribution in [0, 0.1) is 12.3 Å². The molecule has 2 unspecified atom stereocenters. The molecule has 3 nitrogen and oxygen atoms in total. The van der Waals surface area contributed by atoms with Gasteiger partial charge in [-0.3, -0.25) is 4.90 Å². The number of terminal acetylenes is 1. The number of ether oxygens (including phenoxy) is 1. The Balaban J connectivity index is 2.44. The van der Waals surface area contributed by atoms with Crippen LogP contribution in [0.1, 0.15) is 46.0 Å². The number of nitrogens with one attached hydrogen (secondary N) is 1. The molecule has 0 spiro atoms. The Kier molecular flexibility index (Phi) is 8.90. The Morgan fingerprint density at radius 2 is 2.26 bits per heavy atom. The molecule has 1 N–H and O–H groups in total. The van der Waals surface area contributed by atoms with E-state index in [2.05, 4.69) is 30.0 Å². The molecule has 1 aliphatic rings. The zero-order chi connectivity index (χ0) is 13.9. The summed E-state index contributed by atoms with van der Waals surface area (Å²) in [6, 6.07) is 0.452. The van der Waals surface area contributed by atoms with Crippen molar-refractivity contribution in [3.8, 4) is 12.3 Å². The molecule has 0 radical (unpaired) electrons. The number of hydrogen-bond donors (Lipinski definition) is 1. The van der Waals surface area contributed by atoms with Gasteiger partial charge < -0.3 is 10.1 Å². The summed E-state index contributed by atoms with van der Waals surface area (Å²) >= 11 is 0. The Labute approximate surface area is 119 Å². The minimum Gasteiger partial charge on any atom is -0.374 e. The summed E-state index contributed by atoms with van der Waals surface area (Å²) in [6.45, 7) is 9.70. The van der Waals surface area contributed by atoms with E-state index in [1.165, 1.54) is 13.0 Å². The maximum absolute atomic E-state index is 5.99. The highest BCUT2D eigenvalue weighted by Crippen LogP contribution is 2.14. The van der Waals surface area contributed by atoms with E-state index in [4.69, 9.17) is 11.2 Å². The molecule has 110 valence electrons. The van der Waals surface area contributed by atoms with Gasteiger partial charge in [-0.25, -0.2) is 0 Å². The molecule has 0 aromatic rings. The lowest BCUT2D eigenvalue weighted by Crippen LogP contribution is -2.52. The van der Waals surface area contributed by atoms with E-state index in [-0.39, 0.29) is 0 Å². The van der Waals surface area contributed by atoms with Crippen LogP contribution in [0.25, 0.3) is 0 Å². The van der Waals surface area contributed by atoms with E-state index in [1.54, 1.807) is 0 Å². The van der Waals surface area contributed by atoms with Gasteiger partial charge in [-0.1, -0.05) is 13.8 Å². The minimum absolute atomic E-state index is 0.324. The number of morpholine rings is 1. The Bertz CT molecular complexity index is 260. The first-order valence-corrected chi connectivity index (χ1v) is 7.82. The van der Waals surface area contributed by atoms with Crippen LogP contribution in [-0.2, 0) is 4.74 Å². The number of rotatable bonds is 9. The average molecular weight is 266 g/mol. The number of unbranched alkanes of at least 4 members (excludes halogenated alkanes) is 1. The maximum atomic E-state index is 5.99. The lowest BCUT2D eigenvalue weighted by atomic mass is 10.0. The fourth-order valence-corrected chi connectivity index (χ4v) is 2.67. The summed E-state index contributed by atoms with van der Waals surface area (Å²) in [5.41, 5.74) is 0. The standard InChI is InChI=1S/C16H30N2O/c1-4-7-8-9-15(17-10-5-2)16-14-18(11-6-3)12-13-19-16/h1,15-17H,5-14H2,2-3H3. The zero-order valence-electron chi connectivity index (χ0n) is 12.7. The largest absolute Gasteiger partial charge is 0.374 e. The molecule has 19 heavy (non-hydrogen) atoms. The summed E-state index contributed by atoms with van der Waals surface area (Å²) in [5.74, 6) is 2.73. The van der Waals surface area contributed by atoms with E-state index < -0.39 is 0 Å². The highest BCUT2D eigenvalue weighted by molar-refractivity contribution is 4.87. The first-order valence-electron chi connectivity index (χ1n) is 7.82. The van der Waals surface area contributed by atoms with Crippen molar-refractivity contribution in [3.05, 3.63) is 0 Å². The third-order valence-corrected chi connectivity index (χ3v) is 3.66. The van der Waals surface area contributed by atoms with Gasteiger partial charge in [-0.05, 0) is 38.8 Å². The van der Waals surface area contributed by atoms with Crippen LogP contribution >= 0.6 is 0 Å². The molecule has 0 aliphatic carbocycles. The third-order valence-electron chi connectivity index (χ3n) is 3.66. The monoisotopic (exact) mass is 266 g/mol. The van der Waals surface area contributed by atoms with Crippen LogP contribution in [-0.4, -0.2) is 49.8 Å². The quantitative estimate of drug-likeness (QED) is 0.512. The van der Waals surface area contributed by atoms with Crippen molar-refractivity contribution in [2.75, 3.05) is 32.8 Å². The first kappa shape index (κ1) is 16.5. The van der Waals surface area contributed by atoms with E-state index in [1.807, 2.05) is 0 Å². The van der Waals surface area contributed by atoms with Crippen molar-refractivity contribution < 1.29 is 4.74 Å². The lowest BCUT2D eigenvalue weighted by molar-refractivity contribution is -0.0477. The maximum Gasteiger partial charge on any atom is 0.0855 e. The van der Waals surface area contributed by atoms with E-state index in [0.29, 0.717) is 12.1 Å². The predicted octanol–water partition coefficient (Wildman–Crippen LogP) is 2.27. The molecule has 2 atom stereocenters. The molecular formula is C16H30N2O. The van der Waals surface area contributed by atoms with Gasteiger partial charge in [0.15, 0.2) is 0 Å². The van der Waals surface area contributed by atoms with Gasteiger partial charge in [-0.2, -0.15) is 0 Å². The van der Waals surface area contributed by atoms with Crippen LogP contribution < -0.4 is 5.32 Å². The Morgan fingerprint density at radius 3 is 2.95 bits per heavy atom. The third kappa shape index (κ3) is 6.42. The fraction of sp³-hybridized carbons (Fsp3) is 0.875. The van der Waals surface area contributed by atoms with Gasteiger partial charge in [0, 0.05) is 25.6 Å². The van der Waals surface area contributed by atoms with Crippen molar-refractivity contribution in [1.29, 1.82) is 0 Å². The van der Waals surface area contributed by atoms with Gasteiger partial charge >= 0.3 is 0 Å². The average Bonchev–Trinajstić information content (AvgIpc) is 2.43. The minimum atomic E-state index is 0.324. The van der Waals surface area contributed by atoms with Crippen molar-refractivity contribution in [3.63, 3.8) is 0 Å². The topological polar surface area (TPSA) is 24.5 Å². The second-order valence-corrected chi connectivity index (χ2v) is 5.37. The Morgan fingerprint density at radius 1 is 1.42 bits per heavy atom. The van der Waals surface area contributed by atoms with E-state index >= 15 is 0 Å². The summed E-state index contributed by atoms with van der Waals surface area (Å²) in [7, 11) is 0. The zero-order valence-corrected chi connectivity index (χ0v) is 12.7. The van der Waals surface area contributed by atoms with Gasteiger partial charge in [0.1, 0.15) is 0 Å². The van der Waals surface area contributed by atoms with E-state index in [0.717, 1.165) is 51.9 Å². The van der Waals surface area contributed by atoms with Gasteiger partial charge in [0.25, 0.3) is 0 Å². The molecule has 0 amide bonds. The molecule has 1 aliphatic heterocycles. The van der Waals surface area contributed by atoms with Gasteiger partial charge in [-0.15, -0.1) is 12.3 Å². The van der Waals surface area contributed by atoms with E-state index in [9.17, 15) is 0 Å². The van der Waals surface area contributed by atoms with Gasteiger partial charge in [0.2, 0.25) is 0 Å². The van der Waals surface area contributed by atoms with Crippen molar-refractivity contribution in [1.82, 2.24) is 10.2 Å². The molecule has 1 rings (SSSR count). The summed E-state index contributed by atoms with van der Waals surface area (Å²) < 4.78 is 5.99. The van der Waals surface area contributed by atoms with Gasteiger partial charge in [0.05, 0.1) is 12.7 Å². The van der Waals surface area contributed by atoms with Crippen molar-refractivity contribution in [2.24, 2.45) is 0 Å². The second kappa shape index (κ2) is 10.3. The highest BCUT2D eigenvalue weighted by atomic mass is 16.5. The molecule has 1 saturated heterocycles. The highest BCUT2D eigenvalue weighted by Gasteiger charge is 2.26. The molecule has 1 fully saturated rings. The first-order chi connectivity index (χ1) is 9.31. The summed E-state index contributed by atoms with van der Waals surface area (Å²) in [6.07, 6.45) is 11.1. The van der Waals surface area contributed by atoms with Crippen LogP contribution in [0.4, 0.5) is 0 Å².